The summed E-state index contributed by atoms with van der Waals surface area (Å²) in [5.41, 5.74) is 5.56. The second-order valence-electron chi connectivity index (χ2n) is 7.71. The first-order valence-electron chi connectivity index (χ1n) is 10.2. The first-order chi connectivity index (χ1) is 14.1. The molecule has 0 spiro atoms. The van der Waals surface area contributed by atoms with E-state index in [1.165, 1.54) is 24.1 Å². The van der Waals surface area contributed by atoms with Gasteiger partial charge in [-0.1, -0.05) is 29.8 Å². The van der Waals surface area contributed by atoms with Gasteiger partial charge in [0.2, 0.25) is 5.91 Å². The Balaban J connectivity index is 1.39. The molecule has 0 atom stereocenters. The van der Waals surface area contributed by atoms with Crippen LogP contribution in [0.2, 0.25) is 0 Å². The van der Waals surface area contributed by atoms with E-state index >= 15 is 0 Å². The van der Waals surface area contributed by atoms with Crippen LogP contribution in [0, 0.1) is 6.92 Å². The van der Waals surface area contributed by atoms with E-state index < -0.39 is 0 Å². The Labute approximate surface area is 171 Å². The van der Waals surface area contributed by atoms with Gasteiger partial charge in [0.25, 0.3) is 0 Å². The number of methoxy groups -OCH3 is 1. The van der Waals surface area contributed by atoms with Crippen molar-refractivity contribution in [2.75, 3.05) is 7.11 Å². The maximum atomic E-state index is 12.3. The number of hydrogen-bond donors (Lipinski definition) is 1. The van der Waals surface area contributed by atoms with Crippen LogP contribution in [0.15, 0.2) is 54.6 Å². The number of aromatic nitrogens is 2. The first kappa shape index (κ1) is 19.2. The zero-order valence-corrected chi connectivity index (χ0v) is 17.0. The Bertz CT molecular complexity index is 988. The smallest absolute Gasteiger partial charge is 0.220 e. The number of benzene rings is 2. The number of ether oxygens (including phenoxy) is 1. The molecule has 5 heteroatoms. The number of aryl methyl sites for hydroxylation is 2. The standard InChI is InChI=1S/C24H27N3O2/c1-17-4-3-5-18(14-17)16-25-24(28)13-8-20-15-23(19-6-7-19)27(26-20)21-9-11-22(29-2)12-10-21/h3-5,9-12,14-15,19H,6-8,13,16H2,1-2H3,(H,25,28). The van der Waals surface area contributed by atoms with Gasteiger partial charge < -0.3 is 10.1 Å². The molecule has 0 bridgehead atoms. The van der Waals surface area contributed by atoms with E-state index in [1.807, 2.05) is 41.1 Å². The lowest BCUT2D eigenvalue weighted by Gasteiger charge is -2.07. The SMILES string of the molecule is COc1ccc(-n2nc(CCC(=O)NCc3cccc(C)c3)cc2C2CC2)cc1. The molecule has 0 aliphatic heterocycles. The molecule has 1 aliphatic rings. The monoisotopic (exact) mass is 389 g/mol. The normalized spacial score (nSPS) is 13.3. The van der Waals surface area contributed by atoms with E-state index in [4.69, 9.17) is 9.84 Å². The third-order valence-electron chi connectivity index (χ3n) is 5.28. The molecule has 5 nitrogen and oxygen atoms in total. The van der Waals surface area contributed by atoms with Crippen molar-refractivity contribution in [3.8, 4) is 11.4 Å². The van der Waals surface area contributed by atoms with E-state index in [0.717, 1.165) is 22.7 Å². The third-order valence-corrected chi connectivity index (χ3v) is 5.28. The Hall–Kier alpha value is -3.08. The van der Waals surface area contributed by atoms with Crippen molar-refractivity contribution in [1.82, 2.24) is 15.1 Å². The second-order valence-corrected chi connectivity index (χ2v) is 7.71. The van der Waals surface area contributed by atoms with E-state index in [-0.39, 0.29) is 5.91 Å². The van der Waals surface area contributed by atoms with Crippen molar-refractivity contribution in [3.63, 3.8) is 0 Å². The Kier molecular flexibility index (Phi) is 5.65. The highest BCUT2D eigenvalue weighted by atomic mass is 16.5. The maximum absolute atomic E-state index is 12.3. The van der Waals surface area contributed by atoms with Crippen LogP contribution in [-0.4, -0.2) is 22.8 Å². The van der Waals surface area contributed by atoms with Crippen molar-refractivity contribution in [2.45, 2.75) is 45.1 Å². The summed E-state index contributed by atoms with van der Waals surface area (Å²) >= 11 is 0. The molecule has 0 saturated heterocycles. The topological polar surface area (TPSA) is 56.2 Å². The molecule has 1 aliphatic carbocycles. The van der Waals surface area contributed by atoms with Gasteiger partial charge in [0, 0.05) is 31.0 Å². The summed E-state index contributed by atoms with van der Waals surface area (Å²) in [4.78, 5) is 12.3. The van der Waals surface area contributed by atoms with E-state index in [1.54, 1.807) is 7.11 Å². The third kappa shape index (κ3) is 4.86. The van der Waals surface area contributed by atoms with Crippen LogP contribution < -0.4 is 10.1 Å². The van der Waals surface area contributed by atoms with Crippen LogP contribution in [0.3, 0.4) is 0 Å². The molecule has 0 unspecified atom stereocenters. The van der Waals surface area contributed by atoms with Gasteiger partial charge in [-0.15, -0.1) is 0 Å². The second kappa shape index (κ2) is 8.52. The lowest BCUT2D eigenvalue weighted by Crippen LogP contribution is -2.23. The fraction of sp³-hybridized carbons (Fsp3) is 0.333. The molecule has 29 heavy (non-hydrogen) atoms. The van der Waals surface area contributed by atoms with Crippen molar-refractivity contribution < 1.29 is 9.53 Å². The molecule has 1 heterocycles. The fourth-order valence-electron chi connectivity index (χ4n) is 3.52. The summed E-state index contributed by atoms with van der Waals surface area (Å²) in [7, 11) is 1.67. The summed E-state index contributed by atoms with van der Waals surface area (Å²) in [5, 5.41) is 7.80. The largest absolute Gasteiger partial charge is 0.497 e. The van der Waals surface area contributed by atoms with E-state index in [2.05, 4.69) is 30.4 Å². The Morgan fingerprint density at radius 2 is 1.97 bits per heavy atom. The Morgan fingerprint density at radius 1 is 1.17 bits per heavy atom. The predicted octanol–water partition coefficient (Wildman–Crippen LogP) is 4.32. The molecule has 1 N–H and O–H groups in total. The molecule has 2 aromatic carbocycles. The van der Waals surface area contributed by atoms with E-state index in [0.29, 0.717) is 25.3 Å². The van der Waals surface area contributed by atoms with Gasteiger partial charge in [-0.25, -0.2) is 4.68 Å². The zero-order chi connectivity index (χ0) is 20.2. The summed E-state index contributed by atoms with van der Waals surface area (Å²) < 4.78 is 7.28. The molecule has 1 amide bonds. The van der Waals surface area contributed by atoms with Gasteiger partial charge in [-0.3, -0.25) is 4.79 Å². The number of amides is 1. The van der Waals surface area contributed by atoms with Crippen molar-refractivity contribution in [3.05, 3.63) is 77.1 Å². The minimum absolute atomic E-state index is 0.0541. The molecule has 1 aromatic heterocycles. The number of nitrogens with zero attached hydrogens (tertiary/aromatic N) is 2. The summed E-state index contributed by atoms with van der Waals surface area (Å²) in [6, 6.07) is 18.3. The highest BCUT2D eigenvalue weighted by Crippen LogP contribution is 2.41. The Morgan fingerprint density at radius 3 is 2.66 bits per heavy atom. The minimum atomic E-state index is 0.0541. The van der Waals surface area contributed by atoms with Crippen LogP contribution in [0.4, 0.5) is 0 Å². The molecule has 4 rings (SSSR count). The van der Waals surface area contributed by atoms with Crippen LogP contribution >= 0.6 is 0 Å². The van der Waals surface area contributed by atoms with E-state index in [9.17, 15) is 4.79 Å². The summed E-state index contributed by atoms with van der Waals surface area (Å²) in [5.74, 6) is 1.46. The van der Waals surface area contributed by atoms with Crippen molar-refractivity contribution >= 4 is 5.91 Å². The molecule has 3 aromatic rings. The van der Waals surface area contributed by atoms with Gasteiger partial charge in [-0.05, 0) is 55.7 Å². The zero-order valence-electron chi connectivity index (χ0n) is 17.0. The lowest BCUT2D eigenvalue weighted by atomic mass is 10.1. The average molecular weight is 389 g/mol. The highest BCUT2D eigenvalue weighted by Gasteiger charge is 2.28. The van der Waals surface area contributed by atoms with Crippen LogP contribution in [0.25, 0.3) is 5.69 Å². The molecular formula is C24H27N3O2. The number of nitrogens with one attached hydrogen (secondary N) is 1. The van der Waals surface area contributed by atoms with Gasteiger partial charge in [-0.2, -0.15) is 5.10 Å². The van der Waals surface area contributed by atoms with Crippen LogP contribution in [0.1, 0.15) is 47.7 Å². The van der Waals surface area contributed by atoms with Crippen LogP contribution in [0.5, 0.6) is 5.75 Å². The number of carbonyl (C=O) groups excluding carboxylic acids is 1. The first-order valence-corrected chi connectivity index (χ1v) is 10.2. The van der Waals surface area contributed by atoms with Gasteiger partial charge >= 0.3 is 0 Å². The predicted molar refractivity (Wildman–Crippen MR) is 113 cm³/mol. The maximum Gasteiger partial charge on any atom is 0.220 e. The number of hydrogen-bond acceptors (Lipinski definition) is 3. The number of rotatable bonds is 8. The molecule has 0 radical (unpaired) electrons. The van der Waals surface area contributed by atoms with Crippen molar-refractivity contribution in [1.29, 1.82) is 0 Å². The summed E-state index contributed by atoms with van der Waals surface area (Å²) in [6.07, 6.45) is 3.49. The summed E-state index contributed by atoms with van der Waals surface area (Å²) in [6.45, 7) is 2.62. The molecule has 150 valence electrons. The lowest BCUT2D eigenvalue weighted by molar-refractivity contribution is -0.121. The molecular weight excluding hydrogens is 362 g/mol. The fourth-order valence-corrected chi connectivity index (χ4v) is 3.52. The van der Waals surface area contributed by atoms with Gasteiger partial charge in [0.15, 0.2) is 0 Å². The van der Waals surface area contributed by atoms with Crippen molar-refractivity contribution in [2.24, 2.45) is 0 Å². The minimum Gasteiger partial charge on any atom is -0.497 e. The van der Waals surface area contributed by atoms with Gasteiger partial charge in [0.05, 0.1) is 18.5 Å². The average Bonchev–Trinajstić information content (AvgIpc) is 3.50. The van der Waals surface area contributed by atoms with Crippen LogP contribution in [-0.2, 0) is 17.8 Å². The molecule has 1 fully saturated rings. The molecule has 1 saturated carbocycles. The van der Waals surface area contributed by atoms with Gasteiger partial charge in [0.1, 0.15) is 5.75 Å². The highest BCUT2D eigenvalue weighted by molar-refractivity contribution is 5.76. The number of carbonyl (C=O) groups is 1. The quantitative estimate of drug-likeness (QED) is 0.624.